The molecule has 1 aliphatic carbocycles. The number of rotatable bonds is 7. The standard InChI is InChI=1S/C23H35N5O3/c1-16(2)11-20-22(30)27(14-17-7-6-10-25-13-17)15-19(12-21(24)29)28(20)23(31)26-18-8-4-3-5-9-18/h6-7,10,13,16,18-20H,3-5,8-9,11-12,14-15H2,1-2H3,(H2,24,29)(H,26,31)/t19-,20-/m0/s1. The first-order valence-corrected chi connectivity index (χ1v) is 11.4. The summed E-state index contributed by atoms with van der Waals surface area (Å²) in [5.41, 5.74) is 6.45. The highest BCUT2D eigenvalue weighted by atomic mass is 16.2. The molecule has 1 aromatic rings. The van der Waals surface area contributed by atoms with E-state index in [1.165, 1.54) is 6.42 Å². The van der Waals surface area contributed by atoms with Gasteiger partial charge >= 0.3 is 6.03 Å². The lowest BCUT2D eigenvalue weighted by Crippen LogP contribution is -2.66. The summed E-state index contributed by atoms with van der Waals surface area (Å²) in [5, 5.41) is 3.13. The first-order valence-electron chi connectivity index (χ1n) is 11.4. The number of hydrogen-bond acceptors (Lipinski definition) is 4. The van der Waals surface area contributed by atoms with Gasteiger partial charge in [0.2, 0.25) is 11.8 Å². The normalized spacial score (nSPS) is 22.6. The Morgan fingerprint density at radius 2 is 2.00 bits per heavy atom. The van der Waals surface area contributed by atoms with E-state index in [4.69, 9.17) is 5.73 Å². The lowest BCUT2D eigenvalue weighted by molar-refractivity contribution is -0.145. The maximum absolute atomic E-state index is 13.5. The number of amides is 4. The highest BCUT2D eigenvalue weighted by Gasteiger charge is 2.44. The van der Waals surface area contributed by atoms with E-state index in [1.807, 2.05) is 26.0 Å². The van der Waals surface area contributed by atoms with Gasteiger partial charge in [0.15, 0.2) is 0 Å². The SMILES string of the molecule is CC(C)C[C@H]1C(=O)N(Cc2cccnc2)C[C@H](CC(N)=O)N1C(=O)NC1CCCCC1. The van der Waals surface area contributed by atoms with Crippen molar-refractivity contribution in [3.63, 3.8) is 0 Å². The zero-order chi connectivity index (χ0) is 22.4. The molecule has 0 bridgehead atoms. The van der Waals surface area contributed by atoms with Gasteiger partial charge in [-0.25, -0.2) is 4.79 Å². The van der Waals surface area contributed by atoms with E-state index in [1.54, 1.807) is 22.2 Å². The molecule has 1 saturated carbocycles. The molecule has 1 saturated heterocycles. The molecule has 1 aromatic heterocycles. The number of hydrogen-bond donors (Lipinski definition) is 2. The molecule has 0 aromatic carbocycles. The zero-order valence-electron chi connectivity index (χ0n) is 18.6. The van der Waals surface area contributed by atoms with Crippen LogP contribution in [0.25, 0.3) is 0 Å². The van der Waals surface area contributed by atoms with Crippen LogP contribution in [0, 0.1) is 5.92 Å². The van der Waals surface area contributed by atoms with E-state index >= 15 is 0 Å². The Kier molecular flexibility index (Phi) is 7.87. The van der Waals surface area contributed by atoms with Crippen molar-refractivity contribution >= 4 is 17.8 Å². The van der Waals surface area contributed by atoms with Crippen LogP contribution in [-0.4, -0.2) is 57.3 Å². The molecule has 3 N–H and O–H groups in total. The maximum Gasteiger partial charge on any atom is 0.318 e. The molecule has 0 spiro atoms. The number of carbonyl (C=O) groups is 3. The molecule has 2 fully saturated rings. The molecule has 2 aliphatic rings. The Morgan fingerprint density at radius 3 is 2.61 bits per heavy atom. The Bertz CT molecular complexity index is 764. The van der Waals surface area contributed by atoms with Gasteiger partial charge in [-0.05, 0) is 36.8 Å². The molecule has 2 atom stereocenters. The number of urea groups is 1. The van der Waals surface area contributed by atoms with Crippen LogP contribution in [0.15, 0.2) is 24.5 Å². The second-order valence-corrected chi connectivity index (χ2v) is 9.24. The average molecular weight is 430 g/mol. The zero-order valence-corrected chi connectivity index (χ0v) is 18.6. The molecule has 8 nitrogen and oxygen atoms in total. The third-order valence-electron chi connectivity index (χ3n) is 6.15. The van der Waals surface area contributed by atoms with Crippen LogP contribution >= 0.6 is 0 Å². The van der Waals surface area contributed by atoms with Gasteiger partial charge in [-0.2, -0.15) is 0 Å². The van der Waals surface area contributed by atoms with E-state index in [9.17, 15) is 14.4 Å². The van der Waals surface area contributed by atoms with Crippen molar-refractivity contribution in [1.29, 1.82) is 0 Å². The van der Waals surface area contributed by atoms with Crippen LogP contribution in [0.5, 0.6) is 0 Å². The first kappa shape index (κ1) is 23.0. The van der Waals surface area contributed by atoms with Crippen molar-refractivity contribution in [2.75, 3.05) is 6.54 Å². The Morgan fingerprint density at radius 1 is 1.26 bits per heavy atom. The number of nitrogens with two attached hydrogens (primary N) is 1. The summed E-state index contributed by atoms with van der Waals surface area (Å²) in [7, 11) is 0. The van der Waals surface area contributed by atoms with Crippen molar-refractivity contribution in [2.45, 2.75) is 83.5 Å². The Hall–Kier alpha value is -2.64. The highest BCUT2D eigenvalue weighted by molar-refractivity contribution is 5.89. The summed E-state index contributed by atoms with van der Waals surface area (Å²) < 4.78 is 0. The van der Waals surface area contributed by atoms with Crippen LogP contribution in [-0.2, 0) is 16.1 Å². The summed E-state index contributed by atoms with van der Waals surface area (Å²) in [4.78, 5) is 46.1. The third-order valence-corrected chi connectivity index (χ3v) is 6.15. The number of pyridine rings is 1. The van der Waals surface area contributed by atoms with E-state index in [0.29, 0.717) is 13.0 Å². The van der Waals surface area contributed by atoms with E-state index in [0.717, 1.165) is 31.2 Å². The van der Waals surface area contributed by atoms with E-state index in [2.05, 4.69) is 10.3 Å². The number of carbonyl (C=O) groups excluding carboxylic acids is 3. The third kappa shape index (κ3) is 6.18. The number of primary amides is 1. The fourth-order valence-electron chi connectivity index (χ4n) is 4.73. The summed E-state index contributed by atoms with van der Waals surface area (Å²) in [6.45, 7) is 4.75. The second-order valence-electron chi connectivity index (χ2n) is 9.24. The molecule has 1 aliphatic heterocycles. The first-order chi connectivity index (χ1) is 14.8. The van der Waals surface area contributed by atoms with Gasteiger partial charge in [-0.3, -0.25) is 14.6 Å². The average Bonchev–Trinajstić information content (AvgIpc) is 2.72. The second kappa shape index (κ2) is 10.6. The smallest absolute Gasteiger partial charge is 0.318 e. The van der Waals surface area contributed by atoms with E-state index in [-0.39, 0.29) is 36.9 Å². The van der Waals surface area contributed by atoms with E-state index < -0.39 is 18.0 Å². The monoisotopic (exact) mass is 429 g/mol. The lowest BCUT2D eigenvalue weighted by atomic mass is 9.94. The topological polar surface area (TPSA) is 109 Å². The molecule has 8 heteroatoms. The van der Waals surface area contributed by atoms with Gasteiger partial charge in [-0.1, -0.05) is 39.2 Å². The molecule has 31 heavy (non-hydrogen) atoms. The van der Waals surface area contributed by atoms with Crippen molar-refractivity contribution in [2.24, 2.45) is 11.7 Å². The predicted molar refractivity (Wildman–Crippen MR) is 118 cm³/mol. The van der Waals surface area contributed by atoms with Crippen molar-refractivity contribution in [1.82, 2.24) is 20.1 Å². The number of piperazine rings is 1. The summed E-state index contributed by atoms with van der Waals surface area (Å²) in [6.07, 6.45) is 9.29. The van der Waals surface area contributed by atoms with Gasteiger partial charge in [0.05, 0.1) is 6.04 Å². The van der Waals surface area contributed by atoms with Crippen LogP contribution in [0.1, 0.15) is 64.4 Å². The van der Waals surface area contributed by atoms with Crippen molar-refractivity contribution in [3.05, 3.63) is 30.1 Å². The maximum atomic E-state index is 13.5. The van der Waals surface area contributed by atoms with Crippen LogP contribution in [0.2, 0.25) is 0 Å². The Balaban J connectivity index is 1.84. The van der Waals surface area contributed by atoms with Gasteiger partial charge in [0.25, 0.3) is 0 Å². The van der Waals surface area contributed by atoms with Gasteiger partial charge in [-0.15, -0.1) is 0 Å². The minimum absolute atomic E-state index is 0.0313. The molecule has 2 heterocycles. The molecule has 170 valence electrons. The predicted octanol–water partition coefficient (Wildman–Crippen LogP) is 2.43. The minimum atomic E-state index is -0.613. The van der Waals surface area contributed by atoms with Crippen LogP contribution in [0.3, 0.4) is 0 Å². The molecular weight excluding hydrogens is 394 g/mol. The number of nitrogens with one attached hydrogen (secondary N) is 1. The van der Waals surface area contributed by atoms with Crippen molar-refractivity contribution < 1.29 is 14.4 Å². The highest BCUT2D eigenvalue weighted by Crippen LogP contribution is 2.27. The molecule has 0 radical (unpaired) electrons. The quantitative estimate of drug-likeness (QED) is 0.694. The van der Waals surface area contributed by atoms with Crippen molar-refractivity contribution in [3.8, 4) is 0 Å². The van der Waals surface area contributed by atoms with Gasteiger partial charge in [0, 0.05) is 37.9 Å². The fraction of sp³-hybridized carbons (Fsp3) is 0.652. The molecule has 0 unspecified atom stereocenters. The molecular formula is C23H35N5O3. The summed E-state index contributed by atoms with van der Waals surface area (Å²) in [6, 6.07) is 2.57. The van der Waals surface area contributed by atoms with Gasteiger partial charge < -0.3 is 20.9 Å². The fourth-order valence-corrected chi connectivity index (χ4v) is 4.73. The molecule has 3 rings (SSSR count). The van der Waals surface area contributed by atoms with Crippen LogP contribution < -0.4 is 11.1 Å². The summed E-state index contributed by atoms with van der Waals surface area (Å²) >= 11 is 0. The number of nitrogens with zero attached hydrogens (tertiary/aromatic N) is 3. The number of aromatic nitrogens is 1. The minimum Gasteiger partial charge on any atom is -0.370 e. The van der Waals surface area contributed by atoms with Crippen LogP contribution in [0.4, 0.5) is 4.79 Å². The summed E-state index contributed by atoms with van der Waals surface area (Å²) in [5.74, 6) is -0.344. The molecule has 4 amide bonds. The lowest BCUT2D eigenvalue weighted by Gasteiger charge is -2.46. The Labute approximate surface area is 184 Å². The van der Waals surface area contributed by atoms with Gasteiger partial charge in [0.1, 0.15) is 6.04 Å². The largest absolute Gasteiger partial charge is 0.370 e.